The predicted molar refractivity (Wildman–Crippen MR) is 57.7 cm³/mol. The second-order valence-electron chi connectivity index (χ2n) is 1.67. The van der Waals surface area contributed by atoms with Crippen LogP contribution in [0.15, 0.2) is 9.98 Å². The molecule has 6 heteroatoms. The molecule has 68 valence electrons. The maximum absolute atomic E-state index is 8.38. The van der Waals surface area contributed by atoms with Crippen molar-refractivity contribution in [2.75, 3.05) is 12.0 Å². The van der Waals surface area contributed by atoms with Crippen molar-refractivity contribution in [3.8, 4) is 12.4 Å². The van der Waals surface area contributed by atoms with E-state index in [0.717, 1.165) is 5.75 Å². The highest BCUT2D eigenvalue weighted by molar-refractivity contribution is 8.24. The van der Waals surface area contributed by atoms with Gasteiger partial charge in [-0.1, -0.05) is 6.92 Å². The summed E-state index contributed by atoms with van der Waals surface area (Å²) >= 11 is 2.71. The Morgan fingerprint density at radius 2 is 1.77 bits per heavy atom. The van der Waals surface area contributed by atoms with Crippen LogP contribution in [-0.2, 0) is 0 Å². The van der Waals surface area contributed by atoms with Gasteiger partial charge in [0.2, 0.25) is 12.4 Å². The van der Waals surface area contributed by atoms with Crippen LogP contribution in [0.2, 0.25) is 0 Å². The molecule has 0 aromatic rings. The largest absolute Gasteiger partial charge is 0.206 e. The fourth-order valence-electron chi connectivity index (χ4n) is 0.550. The molecule has 0 fully saturated rings. The van der Waals surface area contributed by atoms with E-state index < -0.39 is 0 Å². The normalized spacial score (nSPS) is 12.0. The summed E-state index contributed by atoms with van der Waals surface area (Å²) in [5.41, 5.74) is 0. The van der Waals surface area contributed by atoms with Crippen LogP contribution < -0.4 is 0 Å². The third kappa shape index (κ3) is 4.56. The fraction of sp³-hybridized carbons (Fsp3) is 0.429. The molecule has 0 rings (SSSR count). The lowest BCUT2D eigenvalue weighted by molar-refractivity contribution is 1.44. The summed E-state index contributed by atoms with van der Waals surface area (Å²) in [5, 5.41) is 17.7. The lowest BCUT2D eigenvalue weighted by Crippen LogP contribution is -2.05. The van der Waals surface area contributed by atoms with Crippen molar-refractivity contribution >= 4 is 33.6 Å². The van der Waals surface area contributed by atoms with Gasteiger partial charge in [-0.2, -0.15) is 20.5 Å². The number of hydrogen-bond acceptors (Lipinski definition) is 6. The maximum atomic E-state index is 8.38. The van der Waals surface area contributed by atoms with Gasteiger partial charge in [0.15, 0.2) is 0 Å². The average Bonchev–Trinajstić information content (AvgIpc) is 2.14. The molecule has 0 unspecified atom stereocenters. The third-order valence-electron chi connectivity index (χ3n) is 0.960. The number of rotatable bonds is 1. The zero-order valence-corrected chi connectivity index (χ0v) is 8.95. The Balaban J connectivity index is 4.74. The summed E-state index contributed by atoms with van der Waals surface area (Å²) in [4.78, 5) is 7.15. The first-order valence-corrected chi connectivity index (χ1v) is 5.61. The molecular weight excluding hydrogens is 204 g/mol. The zero-order valence-electron chi connectivity index (χ0n) is 7.31. The van der Waals surface area contributed by atoms with Gasteiger partial charge in [-0.15, -0.1) is 23.5 Å². The Morgan fingerprint density at radius 3 is 2.15 bits per heavy atom. The smallest absolute Gasteiger partial charge is 0.170 e. The Labute approximate surface area is 85.8 Å². The van der Waals surface area contributed by atoms with Crippen LogP contribution in [-0.4, -0.2) is 22.1 Å². The molecule has 0 bridgehead atoms. The first kappa shape index (κ1) is 12.0. The summed E-state index contributed by atoms with van der Waals surface area (Å²) in [7, 11) is 0. The molecule has 0 N–H and O–H groups in total. The van der Waals surface area contributed by atoms with Crippen LogP contribution in [0.4, 0.5) is 0 Å². The minimum absolute atomic E-state index is 0.496. The van der Waals surface area contributed by atoms with E-state index in [2.05, 4.69) is 9.98 Å². The first-order valence-electron chi connectivity index (χ1n) is 3.40. The van der Waals surface area contributed by atoms with E-state index in [9.17, 15) is 0 Å². The number of nitriles is 2. The van der Waals surface area contributed by atoms with Crippen molar-refractivity contribution in [2.24, 2.45) is 9.98 Å². The summed E-state index contributed by atoms with van der Waals surface area (Å²) < 4.78 is 0. The topological polar surface area (TPSA) is 72.3 Å². The summed E-state index contributed by atoms with van der Waals surface area (Å²) in [5.74, 6) is 0.797. The second kappa shape index (κ2) is 7.66. The molecule has 0 radical (unpaired) electrons. The van der Waals surface area contributed by atoms with Gasteiger partial charge in [-0.25, -0.2) is 0 Å². The molecule has 13 heavy (non-hydrogen) atoms. The minimum Gasteiger partial charge on any atom is -0.170 e. The SMILES string of the molecule is CCSC(=NC#N)C(=NC#N)SC. The molecule has 0 aromatic heterocycles. The monoisotopic (exact) mass is 212 g/mol. The van der Waals surface area contributed by atoms with Gasteiger partial charge < -0.3 is 0 Å². The lowest BCUT2D eigenvalue weighted by atomic mass is 10.8. The Morgan fingerprint density at radius 1 is 1.23 bits per heavy atom. The predicted octanol–water partition coefficient (Wildman–Crippen LogP) is 1.86. The highest BCUT2D eigenvalue weighted by atomic mass is 32.2. The number of thioether (sulfide) groups is 2. The van der Waals surface area contributed by atoms with E-state index in [1.54, 1.807) is 18.6 Å². The van der Waals surface area contributed by atoms with Crippen LogP contribution in [0.1, 0.15) is 6.92 Å². The minimum atomic E-state index is 0.496. The van der Waals surface area contributed by atoms with Gasteiger partial charge in [0.25, 0.3) is 0 Å². The van der Waals surface area contributed by atoms with Gasteiger partial charge >= 0.3 is 0 Å². The van der Waals surface area contributed by atoms with Crippen molar-refractivity contribution in [2.45, 2.75) is 6.92 Å². The van der Waals surface area contributed by atoms with Crippen molar-refractivity contribution in [3.05, 3.63) is 0 Å². The van der Waals surface area contributed by atoms with E-state index in [1.165, 1.54) is 23.5 Å². The average molecular weight is 212 g/mol. The summed E-state index contributed by atoms with van der Waals surface area (Å²) in [6, 6.07) is 0. The Hall–Kier alpha value is -0.980. The van der Waals surface area contributed by atoms with Crippen LogP contribution in [0.25, 0.3) is 0 Å². The Bertz CT molecular complexity index is 295. The molecule has 0 spiro atoms. The van der Waals surface area contributed by atoms with Crippen molar-refractivity contribution < 1.29 is 0 Å². The molecule has 0 aliphatic carbocycles. The molecule has 0 aliphatic heterocycles. The number of hydrogen-bond donors (Lipinski definition) is 0. The summed E-state index contributed by atoms with van der Waals surface area (Å²) in [6.07, 6.45) is 5.16. The van der Waals surface area contributed by atoms with E-state index in [4.69, 9.17) is 10.5 Å². The van der Waals surface area contributed by atoms with E-state index in [0.29, 0.717) is 10.1 Å². The van der Waals surface area contributed by atoms with Gasteiger partial charge in [-0.05, 0) is 12.0 Å². The van der Waals surface area contributed by atoms with Gasteiger partial charge in [-0.3, -0.25) is 0 Å². The number of aliphatic imine (C=N–C) groups is 2. The molecule has 0 saturated carbocycles. The molecule has 0 atom stereocenters. The summed E-state index contributed by atoms with van der Waals surface area (Å²) in [6.45, 7) is 1.95. The van der Waals surface area contributed by atoms with Gasteiger partial charge in [0.1, 0.15) is 10.1 Å². The molecular formula is C7H8N4S2. The van der Waals surface area contributed by atoms with Crippen molar-refractivity contribution in [1.82, 2.24) is 0 Å². The maximum Gasteiger partial charge on any atom is 0.206 e. The standard InChI is InChI=1S/C7H8N4S2/c1-3-13-7(11-5-9)6(12-2)10-4-8/h3H2,1-2H3. The molecule has 0 aromatic carbocycles. The Kier molecular flexibility index (Phi) is 7.08. The van der Waals surface area contributed by atoms with Crippen molar-refractivity contribution in [1.29, 1.82) is 10.5 Å². The molecule has 0 heterocycles. The fourth-order valence-corrected chi connectivity index (χ4v) is 1.88. The highest BCUT2D eigenvalue weighted by Crippen LogP contribution is 2.12. The van der Waals surface area contributed by atoms with Crippen LogP contribution in [0.5, 0.6) is 0 Å². The van der Waals surface area contributed by atoms with Crippen molar-refractivity contribution in [3.63, 3.8) is 0 Å². The van der Waals surface area contributed by atoms with Gasteiger partial charge in [0.05, 0.1) is 0 Å². The lowest BCUT2D eigenvalue weighted by Gasteiger charge is -2.00. The first-order chi connectivity index (χ1) is 6.29. The van der Waals surface area contributed by atoms with Crippen LogP contribution in [0.3, 0.4) is 0 Å². The molecule has 0 aliphatic rings. The van der Waals surface area contributed by atoms with E-state index in [1.807, 2.05) is 6.92 Å². The van der Waals surface area contributed by atoms with Crippen LogP contribution >= 0.6 is 23.5 Å². The quantitative estimate of drug-likeness (QED) is 0.378. The van der Waals surface area contributed by atoms with E-state index in [-0.39, 0.29) is 0 Å². The molecule has 0 saturated heterocycles. The van der Waals surface area contributed by atoms with E-state index >= 15 is 0 Å². The van der Waals surface area contributed by atoms with Crippen LogP contribution in [0, 0.1) is 22.9 Å². The third-order valence-corrected chi connectivity index (χ3v) is 2.61. The highest BCUT2D eigenvalue weighted by Gasteiger charge is 2.07. The molecule has 4 nitrogen and oxygen atoms in total. The zero-order chi connectivity index (χ0) is 10.1. The number of nitrogens with zero attached hydrogens (tertiary/aromatic N) is 4. The molecule has 0 amide bonds. The second-order valence-corrected chi connectivity index (χ2v) is 3.72. The van der Waals surface area contributed by atoms with Gasteiger partial charge in [0, 0.05) is 0 Å².